The number of amides is 1. The number of carbonyl (C=O) groups excluding carboxylic acids is 1. The zero-order valence-electron chi connectivity index (χ0n) is 17.3. The van der Waals surface area contributed by atoms with Gasteiger partial charge in [-0.2, -0.15) is 0 Å². The molecule has 4 rings (SSSR count). The van der Waals surface area contributed by atoms with Crippen molar-refractivity contribution >= 4 is 5.91 Å². The number of piperidine rings is 1. The van der Waals surface area contributed by atoms with Gasteiger partial charge in [0.15, 0.2) is 5.82 Å². The number of nitrogens with zero attached hydrogens (tertiary/aromatic N) is 6. The average Bonchev–Trinajstić information content (AvgIpc) is 3.25. The third-order valence-electron chi connectivity index (χ3n) is 5.72. The minimum atomic E-state index is 0.203. The highest BCUT2D eigenvalue weighted by atomic mass is 16.5. The number of likely N-dealkylation sites (tertiary alicyclic amines) is 1. The summed E-state index contributed by atoms with van der Waals surface area (Å²) in [7, 11) is 0. The molecule has 8 nitrogen and oxygen atoms in total. The molecule has 0 bridgehead atoms. The lowest BCUT2D eigenvalue weighted by molar-refractivity contribution is -0.136. The molecule has 2 saturated heterocycles. The van der Waals surface area contributed by atoms with Crippen molar-refractivity contribution in [2.24, 2.45) is 0 Å². The SMILES string of the molecule is CC(C)c1nccn1-c1cncc([C@@H]2CCCN(CC(=O)N3CCOCC3)C2)n1. The third kappa shape index (κ3) is 4.64. The van der Waals surface area contributed by atoms with Crippen LogP contribution in [0.1, 0.15) is 50.0 Å². The van der Waals surface area contributed by atoms with E-state index in [1.165, 1.54) is 0 Å². The summed E-state index contributed by atoms with van der Waals surface area (Å²) in [5, 5.41) is 0. The molecule has 0 unspecified atom stereocenters. The van der Waals surface area contributed by atoms with Gasteiger partial charge < -0.3 is 9.64 Å². The minimum Gasteiger partial charge on any atom is -0.378 e. The Morgan fingerprint density at radius 1 is 1.24 bits per heavy atom. The molecule has 156 valence electrons. The summed E-state index contributed by atoms with van der Waals surface area (Å²) in [6, 6.07) is 0. The highest BCUT2D eigenvalue weighted by Crippen LogP contribution is 2.26. The van der Waals surface area contributed by atoms with Crippen molar-refractivity contribution in [1.82, 2.24) is 29.3 Å². The molecule has 2 aliphatic rings. The molecule has 0 saturated carbocycles. The Morgan fingerprint density at radius 2 is 2.07 bits per heavy atom. The van der Waals surface area contributed by atoms with Crippen LogP contribution in [0, 0.1) is 0 Å². The van der Waals surface area contributed by atoms with Crippen molar-refractivity contribution in [1.29, 1.82) is 0 Å². The van der Waals surface area contributed by atoms with Gasteiger partial charge in [0.2, 0.25) is 5.91 Å². The van der Waals surface area contributed by atoms with E-state index in [1.54, 1.807) is 6.20 Å². The topological polar surface area (TPSA) is 76.4 Å². The second-order valence-corrected chi connectivity index (χ2v) is 8.18. The first-order valence-corrected chi connectivity index (χ1v) is 10.5. The molecular formula is C21H30N6O2. The van der Waals surface area contributed by atoms with Gasteiger partial charge in [-0.05, 0) is 19.4 Å². The van der Waals surface area contributed by atoms with Gasteiger partial charge in [-0.25, -0.2) is 9.97 Å². The highest BCUT2D eigenvalue weighted by Gasteiger charge is 2.26. The highest BCUT2D eigenvalue weighted by molar-refractivity contribution is 5.78. The number of imidazole rings is 1. The van der Waals surface area contributed by atoms with Gasteiger partial charge in [0, 0.05) is 50.1 Å². The zero-order chi connectivity index (χ0) is 20.2. The van der Waals surface area contributed by atoms with Crippen LogP contribution in [0.2, 0.25) is 0 Å². The first kappa shape index (κ1) is 20.0. The Bertz CT molecular complexity index is 830. The Labute approximate surface area is 171 Å². The van der Waals surface area contributed by atoms with Crippen LogP contribution in [0.15, 0.2) is 24.8 Å². The van der Waals surface area contributed by atoms with Crippen LogP contribution in [-0.2, 0) is 9.53 Å². The van der Waals surface area contributed by atoms with Crippen molar-refractivity contribution in [2.45, 2.75) is 38.5 Å². The number of ether oxygens (including phenoxy) is 1. The fraction of sp³-hybridized carbons (Fsp3) is 0.619. The molecule has 1 atom stereocenters. The molecule has 0 aromatic carbocycles. The van der Waals surface area contributed by atoms with E-state index in [1.807, 2.05) is 28.1 Å². The Balaban J connectivity index is 1.44. The molecular weight excluding hydrogens is 368 g/mol. The summed E-state index contributed by atoms with van der Waals surface area (Å²) in [5.41, 5.74) is 0.995. The lowest BCUT2D eigenvalue weighted by atomic mass is 9.95. The standard InChI is InChI=1S/C21H30N6O2/c1-16(2)21-23-5-7-27(21)19-13-22-12-18(24-19)17-4-3-6-25(14-17)15-20(28)26-8-10-29-11-9-26/h5,7,12-13,16-17H,3-4,6,8-11,14-15H2,1-2H3/t17-/m1/s1. The van der Waals surface area contributed by atoms with Crippen molar-refractivity contribution in [3.63, 3.8) is 0 Å². The number of hydrogen-bond donors (Lipinski definition) is 0. The second-order valence-electron chi connectivity index (χ2n) is 8.18. The van der Waals surface area contributed by atoms with Crippen molar-refractivity contribution in [3.8, 4) is 5.82 Å². The van der Waals surface area contributed by atoms with E-state index in [2.05, 4.69) is 28.7 Å². The van der Waals surface area contributed by atoms with Crippen LogP contribution >= 0.6 is 0 Å². The lowest BCUT2D eigenvalue weighted by Crippen LogP contribution is -2.47. The number of aromatic nitrogens is 4. The van der Waals surface area contributed by atoms with Gasteiger partial charge in [0.1, 0.15) is 5.82 Å². The minimum absolute atomic E-state index is 0.203. The fourth-order valence-electron chi connectivity index (χ4n) is 4.16. The van der Waals surface area contributed by atoms with Crippen LogP contribution in [0.3, 0.4) is 0 Å². The van der Waals surface area contributed by atoms with E-state index in [4.69, 9.17) is 9.72 Å². The Hall–Kier alpha value is -2.32. The maximum Gasteiger partial charge on any atom is 0.236 e. The van der Waals surface area contributed by atoms with E-state index in [0.29, 0.717) is 44.7 Å². The second kappa shape index (κ2) is 9.00. The summed E-state index contributed by atoms with van der Waals surface area (Å²) in [6.45, 7) is 9.21. The van der Waals surface area contributed by atoms with Gasteiger partial charge in [-0.1, -0.05) is 13.8 Å². The van der Waals surface area contributed by atoms with Crippen molar-refractivity contribution < 1.29 is 9.53 Å². The summed E-state index contributed by atoms with van der Waals surface area (Å²) in [4.78, 5) is 30.6. The summed E-state index contributed by atoms with van der Waals surface area (Å²) in [5.74, 6) is 2.60. The molecule has 2 aliphatic heterocycles. The maximum absolute atomic E-state index is 12.6. The van der Waals surface area contributed by atoms with Gasteiger partial charge in [0.25, 0.3) is 0 Å². The molecule has 2 aromatic heterocycles. The molecule has 2 aromatic rings. The van der Waals surface area contributed by atoms with Gasteiger partial charge in [0.05, 0.1) is 31.6 Å². The van der Waals surface area contributed by atoms with E-state index >= 15 is 0 Å². The van der Waals surface area contributed by atoms with Crippen molar-refractivity contribution in [3.05, 3.63) is 36.3 Å². The third-order valence-corrected chi connectivity index (χ3v) is 5.72. The van der Waals surface area contributed by atoms with Crippen LogP contribution in [-0.4, -0.2) is 81.2 Å². The van der Waals surface area contributed by atoms with E-state index in [-0.39, 0.29) is 5.91 Å². The predicted octanol–water partition coefficient (Wildman–Crippen LogP) is 1.82. The van der Waals surface area contributed by atoms with Crippen LogP contribution in [0.4, 0.5) is 0 Å². The average molecular weight is 399 g/mol. The molecule has 2 fully saturated rings. The zero-order valence-corrected chi connectivity index (χ0v) is 17.3. The van der Waals surface area contributed by atoms with E-state index in [9.17, 15) is 4.79 Å². The molecule has 0 aliphatic carbocycles. The van der Waals surface area contributed by atoms with Crippen LogP contribution in [0.25, 0.3) is 5.82 Å². The van der Waals surface area contributed by atoms with Crippen molar-refractivity contribution in [2.75, 3.05) is 45.9 Å². The summed E-state index contributed by atoms with van der Waals surface area (Å²) < 4.78 is 7.37. The van der Waals surface area contributed by atoms with Gasteiger partial charge in [-0.15, -0.1) is 0 Å². The largest absolute Gasteiger partial charge is 0.378 e. The number of morpholine rings is 1. The summed E-state index contributed by atoms with van der Waals surface area (Å²) >= 11 is 0. The number of carbonyl (C=O) groups is 1. The number of hydrogen-bond acceptors (Lipinski definition) is 6. The quantitative estimate of drug-likeness (QED) is 0.765. The molecule has 0 spiro atoms. The smallest absolute Gasteiger partial charge is 0.236 e. The van der Waals surface area contributed by atoms with Crippen LogP contribution in [0.5, 0.6) is 0 Å². The lowest BCUT2D eigenvalue weighted by Gasteiger charge is -2.34. The predicted molar refractivity (Wildman–Crippen MR) is 109 cm³/mol. The van der Waals surface area contributed by atoms with Gasteiger partial charge in [-0.3, -0.25) is 19.2 Å². The molecule has 1 amide bonds. The molecule has 8 heteroatoms. The first-order valence-electron chi connectivity index (χ1n) is 10.5. The van der Waals surface area contributed by atoms with E-state index in [0.717, 1.165) is 43.3 Å². The Morgan fingerprint density at radius 3 is 2.86 bits per heavy atom. The molecule has 29 heavy (non-hydrogen) atoms. The van der Waals surface area contributed by atoms with Gasteiger partial charge >= 0.3 is 0 Å². The molecule has 0 radical (unpaired) electrons. The van der Waals surface area contributed by atoms with Crippen LogP contribution < -0.4 is 0 Å². The fourth-order valence-corrected chi connectivity index (χ4v) is 4.16. The molecule has 0 N–H and O–H groups in total. The maximum atomic E-state index is 12.6. The summed E-state index contributed by atoms with van der Waals surface area (Å²) in [6.07, 6.45) is 9.55. The Kier molecular flexibility index (Phi) is 6.20. The monoisotopic (exact) mass is 398 g/mol. The number of rotatable bonds is 5. The molecule has 4 heterocycles. The first-order chi connectivity index (χ1) is 14.1. The normalized spacial score (nSPS) is 20.9. The van der Waals surface area contributed by atoms with E-state index < -0.39 is 0 Å².